The number of esters is 1. The van der Waals surface area contributed by atoms with E-state index in [2.05, 4.69) is 0 Å². The summed E-state index contributed by atoms with van der Waals surface area (Å²) in [6.07, 6.45) is -3.26. The van der Waals surface area contributed by atoms with Crippen molar-refractivity contribution in [3.05, 3.63) is 35.4 Å². The van der Waals surface area contributed by atoms with Crippen LogP contribution in [0.2, 0.25) is 0 Å². The molecule has 1 heterocycles. The van der Waals surface area contributed by atoms with Crippen LogP contribution in [0.5, 0.6) is 0 Å². The fourth-order valence-electron chi connectivity index (χ4n) is 2.63. The van der Waals surface area contributed by atoms with Gasteiger partial charge in [0.05, 0.1) is 18.1 Å². The van der Waals surface area contributed by atoms with Crippen LogP contribution in [0, 0.1) is 5.92 Å². The molecule has 0 bridgehead atoms. The first-order valence-electron chi connectivity index (χ1n) is 7.46. The van der Waals surface area contributed by atoms with Crippen LogP contribution in [0.15, 0.2) is 24.3 Å². The Hall–Kier alpha value is -2.05. The predicted octanol–water partition coefficient (Wildman–Crippen LogP) is 3.12. The smallest absolute Gasteiger partial charge is 0.416 e. The van der Waals surface area contributed by atoms with Crippen LogP contribution in [0.3, 0.4) is 0 Å². The van der Waals surface area contributed by atoms with Gasteiger partial charge in [-0.2, -0.15) is 13.2 Å². The lowest BCUT2D eigenvalue weighted by Crippen LogP contribution is -2.42. The Morgan fingerprint density at radius 2 is 2.09 bits per heavy atom. The Morgan fingerprint density at radius 3 is 2.74 bits per heavy atom. The Balaban J connectivity index is 2.12. The Kier molecular flexibility index (Phi) is 5.28. The number of alkyl halides is 3. The van der Waals surface area contributed by atoms with Crippen molar-refractivity contribution in [3.63, 3.8) is 0 Å². The summed E-state index contributed by atoms with van der Waals surface area (Å²) in [5.41, 5.74) is -0.883. The average Bonchev–Trinajstić information content (AvgIpc) is 2.54. The van der Waals surface area contributed by atoms with Crippen LogP contribution >= 0.6 is 0 Å². The molecule has 1 saturated heterocycles. The minimum Gasteiger partial charge on any atom is -0.466 e. The lowest BCUT2D eigenvalue weighted by atomic mass is 9.97. The quantitative estimate of drug-likeness (QED) is 0.801. The summed E-state index contributed by atoms with van der Waals surface area (Å²) in [5.74, 6) is -1.28. The molecule has 0 N–H and O–H groups in total. The van der Waals surface area contributed by atoms with Crippen LogP contribution in [0.4, 0.5) is 13.2 Å². The van der Waals surface area contributed by atoms with E-state index in [1.807, 2.05) is 0 Å². The first-order chi connectivity index (χ1) is 10.8. The van der Waals surface area contributed by atoms with Gasteiger partial charge in [-0.1, -0.05) is 6.07 Å². The highest BCUT2D eigenvalue weighted by molar-refractivity contribution is 5.94. The van der Waals surface area contributed by atoms with Gasteiger partial charge in [0, 0.05) is 18.7 Å². The van der Waals surface area contributed by atoms with Gasteiger partial charge in [-0.25, -0.2) is 0 Å². The van der Waals surface area contributed by atoms with Gasteiger partial charge in [0.15, 0.2) is 0 Å². The van der Waals surface area contributed by atoms with E-state index in [0.29, 0.717) is 19.4 Å². The molecular weight excluding hydrogens is 311 g/mol. The molecule has 0 unspecified atom stereocenters. The number of hydrogen-bond donors (Lipinski definition) is 0. The summed E-state index contributed by atoms with van der Waals surface area (Å²) in [6, 6.07) is 4.33. The van der Waals surface area contributed by atoms with Gasteiger partial charge in [-0.05, 0) is 38.0 Å². The lowest BCUT2D eigenvalue weighted by Gasteiger charge is -2.31. The molecule has 0 saturated carbocycles. The summed E-state index contributed by atoms with van der Waals surface area (Å²) < 4.78 is 43.2. The Morgan fingerprint density at radius 1 is 1.35 bits per heavy atom. The summed E-state index contributed by atoms with van der Waals surface area (Å²) in [4.78, 5) is 25.6. The third-order valence-electron chi connectivity index (χ3n) is 3.77. The summed E-state index contributed by atoms with van der Waals surface area (Å²) >= 11 is 0. The first-order valence-corrected chi connectivity index (χ1v) is 7.46. The monoisotopic (exact) mass is 329 g/mol. The minimum absolute atomic E-state index is 0.0238. The molecule has 7 heteroatoms. The molecular formula is C16H18F3NO3. The molecule has 1 aliphatic rings. The lowest BCUT2D eigenvalue weighted by molar-refractivity contribution is -0.149. The van der Waals surface area contributed by atoms with Crippen LogP contribution < -0.4 is 0 Å². The molecule has 23 heavy (non-hydrogen) atoms. The average molecular weight is 329 g/mol. The number of rotatable bonds is 3. The number of carbonyl (C=O) groups is 2. The zero-order valence-corrected chi connectivity index (χ0v) is 12.7. The Labute approximate surface area is 132 Å². The van der Waals surface area contributed by atoms with Crippen LogP contribution in [0.25, 0.3) is 0 Å². The largest absolute Gasteiger partial charge is 0.466 e. The van der Waals surface area contributed by atoms with Crippen molar-refractivity contribution in [1.82, 2.24) is 4.90 Å². The normalized spacial score (nSPS) is 18.6. The number of piperidine rings is 1. The summed E-state index contributed by atoms with van der Waals surface area (Å²) in [6.45, 7) is 2.56. The van der Waals surface area contributed by atoms with Gasteiger partial charge in [-0.15, -0.1) is 0 Å². The first kappa shape index (κ1) is 17.3. The summed E-state index contributed by atoms with van der Waals surface area (Å²) in [5, 5.41) is 0. The number of nitrogens with zero attached hydrogens (tertiary/aromatic N) is 1. The van der Waals surface area contributed by atoms with Crippen molar-refractivity contribution in [3.8, 4) is 0 Å². The molecule has 4 nitrogen and oxygen atoms in total. The van der Waals surface area contributed by atoms with Crippen molar-refractivity contribution >= 4 is 11.9 Å². The highest BCUT2D eigenvalue weighted by atomic mass is 19.4. The minimum atomic E-state index is -4.49. The van der Waals surface area contributed by atoms with Crippen molar-refractivity contribution in [2.45, 2.75) is 25.9 Å². The highest BCUT2D eigenvalue weighted by Gasteiger charge is 2.33. The molecule has 2 rings (SSSR count). The summed E-state index contributed by atoms with van der Waals surface area (Å²) in [7, 11) is 0. The van der Waals surface area contributed by atoms with Gasteiger partial charge >= 0.3 is 12.1 Å². The molecule has 0 aliphatic carbocycles. The molecule has 1 fully saturated rings. The fourth-order valence-corrected chi connectivity index (χ4v) is 2.63. The predicted molar refractivity (Wildman–Crippen MR) is 76.7 cm³/mol. The van der Waals surface area contributed by atoms with Crippen LogP contribution in [-0.4, -0.2) is 36.5 Å². The molecule has 126 valence electrons. The molecule has 0 spiro atoms. The van der Waals surface area contributed by atoms with Crippen molar-refractivity contribution < 1.29 is 27.5 Å². The molecule has 1 aliphatic heterocycles. The van der Waals surface area contributed by atoms with E-state index in [0.717, 1.165) is 12.1 Å². The van der Waals surface area contributed by atoms with E-state index in [9.17, 15) is 22.8 Å². The van der Waals surface area contributed by atoms with E-state index in [4.69, 9.17) is 4.74 Å². The van der Waals surface area contributed by atoms with Crippen LogP contribution in [-0.2, 0) is 15.7 Å². The third-order valence-corrected chi connectivity index (χ3v) is 3.77. The maximum atomic E-state index is 12.7. The molecule has 0 radical (unpaired) electrons. The molecule has 1 atom stereocenters. The Bertz CT molecular complexity index is 586. The van der Waals surface area contributed by atoms with Gasteiger partial charge < -0.3 is 9.64 Å². The third kappa shape index (κ3) is 4.24. The molecule has 1 aromatic carbocycles. The van der Waals surface area contributed by atoms with E-state index in [1.165, 1.54) is 17.0 Å². The number of carbonyl (C=O) groups excluding carboxylic acids is 2. The standard InChI is InChI=1S/C16H18F3NO3/c1-2-23-15(22)12-6-4-8-20(10-12)14(21)11-5-3-7-13(9-11)16(17,18)19/h3,5,7,9,12H,2,4,6,8,10H2,1H3/t12-/m0/s1. The molecule has 1 aromatic rings. The number of halogens is 3. The second-order valence-electron chi connectivity index (χ2n) is 5.42. The highest BCUT2D eigenvalue weighted by Crippen LogP contribution is 2.30. The van der Waals surface area contributed by atoms with Gasteiger partial charge in [0.1, 0.15) is 0 Å². The number of benzene rings is 1. The SMILES string of the molecule is CCOC(=O)[C@H]1CCCN(C(=O)c2cccc(C(F)(F)F)c2)C1. The number of amides is 1. The second-order valence-corrected chi connectivity index (χ2v) is 5.42. The maximum absolute atomic E-state index is 12.7. The topological polar surface area (TPSA) is 46.6 Å². The molecule has 1 amide bonds. The number of ether oxygens (including phenoxy) is 1. The van der Waals surface area contributed by atoms with Crippen molar-refractivity contribution in [2.24, 2.45) is 5.92 Å². The van der Waals surface area contributed by atoms with E-state index in [-0.39, 0.29) is 24.7 Å². The number of hydrogen-bond acceptors (Lipinski definition) is 3. The zero-order chi connectivity index (χ0) is 17.0. The van der Waals surface area contributed by atoms with Crippen molar-refractivity contribution in [2.75, 3.05) is 19.7 Å². The van der Waals surface area contributed by atoms with Crippen LogP contribution in [0.1, 0.15) is 35.7 Å². The second kappa shape index (κ2) is 7.02. The zero-order valence-electron chi connectivity index (χ0n) is 12.7. The number of likely N-dealkylation sites (tertiary alicyclic amines) is 1. The van der Waals surface area contributed by atoms with Gasteiger partial charge in [0.2, 0.25) is 0 Å². The van der Waals surface area contributed by atoms with E-state index < -0.39 is 23.6 Å². The van der Waals surface area contributed by atoms with Crippen molar-refractivity contribution in [1.29, 1.82) is 0 Å². The molecule has 0 aromatic heterocycles. The fraction of sp³-hybridized carbons (Fsp3) is 0.500. The van der Waals surface area contributed by atoms with E-state index >= 15 is 0 Å². The van der Waals surface area contributed by atoms with Gasteiger partial charge in [-0.3, -0.25) is 9.59 Å². The van der Waals surface area contributed by atoms with Gasteiger partial charge in [0.25, 0.3) is 5.91 Å². The van der Waals surface area contributed by atoms with E-state index in [1.54, 1.807) is 6.92 Å². The maximum Gasteiger partial charge on any atom is 0.416 e.